The molecule has 1 aromatic rings. The molecule has 0 bridgehead atoms. The summed E-state index contributed by atoms with van der Waals surface area (Å²) in [4.78, 5) is 30.1. The van der Waals surface area contributed by atoms with Gasteiger partial charge < -0.3 is 10.2 Å². The van der Waals surface area contributed by atoms with Crippen LogP contribution >= 0.6 is 0 Å². The molecule has 3 heterocycles. The Bertz CT molecular complexity index is 796. The Morgan fingerprint density at radius 3 is 2.65 bits per heavy atom. The van der Waals surface area contributed by atoms with E-state index in [1.54, 1.807) is 11.0 Å². The van der Waals surface area contributed by atoms with Crippen molar-refractivity contribution in [3.8, 4) is 0 Å². The summed E-state index contributed by atoms with van der Waals surface area (Å²) in [5.74, 6) is -0.314. The minimum atomic E-state index is -3.74. The first-order valence-corrected chi connectivity index (χ1v) is 10.1. The molecule has 2 amide bonds. The van der Waals surface area contributed by atoms with Gasteiger partial charge in [0.2, 0.25) is 21.8 Å². The van der Waals surface area contributed by atoms with E-state index in [2.05, 4.69) is 10.3 Å². The number of hydrogen-bond acceptors (Lipinski definition) is 5. The molecule has 2 fully saturated rings. The molecule has 1 aromatic heterocycles. The lowest BCUT2D eigenvalue weighted by molar-refractivity contribution is -0.135. The van der Waals surface area contributed by atoms with Crippen molar-refractivity contribution in [2.45, 2.75) is 25.2 Å². The van der Waals surface area contributed by atoms with Crippen LogP contribution in [0, 0.1) is 11.3 Å². The van der Waals surface area contributed by atoms with Crippen LogP contribution in [0.3, 0.4) is 0 Å². The first-order valence-electron chi connectivity index (χ1n) is 8.69. The molecular formula is C17H24N4O4S. The Kier molecular flexibility index (Phi) is 5.03. The lowest BCUT2D eigenvalue weighted by Crippen LogP contribution is -2.45. The zero-order chi connectivity index (χ0) is 18.9. The number of nitrogens with one attached hydrogen (secondary N) is 1. The molecule has 9 heteroatoms. The maximum Gasteiger partial charge on any atom is 0.244 e. The monoisotopic (exact) mass is 380 g/mol. The van der Waals surface area contributed by atoms with Crippen molar-refractivity contribution in [2.24, 2.45) is 11.3 Å². The second-order valence-electron chi connectivity index (χ2n) is 7.40. The lowest BCUT2D eigenvalue weighted by Gasteiger charge is -2.33. The highest BCUT2D eigenvalue weighted by atomic mass is 32.2. The summed E-state index contributed by atoms with van der Waals surface area (Å²) in [6.45, 7) is 5.10. The fourth-order valence-electron chi connectivity index (χ4n) is 3.60. The van der Waals surface area contributed by atoms with E-state index in [0.717, 1.165) is 0 Å². The number of carbonyl (C=O) groups excluding carboxylic acids is 2. The van der Waals surface area contributed by atoms with Gasteiger partial charge in [-0.2, -0.15) is 4.31 Å². The van der Waals surface area contributed by atoms with E-state index in [1.807, 2.05) is 13.8 Å². The third-order valence-corrected chi connectivity index (χ3v) is 6.76. The van der Waals surface area contributed by atoms with Crippen molar-refractivity contribution in [2.75, 3.05) is 32.7 Å². The average Bonchev–Trinajstić information content (AvgIpc) is 2.86. The third-order valence-electron chi connectivity index (χ3n) is 4.93. The van der Waals surface area contributed by atoms with E-state index in [-0.39, 0.29) is 42.1 Å². The van der Waals surface area contributed by atoms with E-state index in [1.165, 1.54) is 22.8 Å². The second kappa shape index (κ2) is 6.96. The maximum absolute atomic E-state index is 13.0. The summed E-state index contributed by atoms with van der Waals surface area (Å²) in [5, 5.41) is 2.80. The van der Waals surface area contributed by atoms with Crippen LogP contribution in [-0.2, 0) is 19.6 Å². The minimum absolute atomic E-state index is 0.0238. The highest BCUT2D eigenvalue weighted by molar-refractivity contribution is 7.89. The van der Waals surface area contributed by atoms with Crippen LogP contribution in [0.4, 0.5) is 0 Å². The molecular weight excluding hydrogens is 356 g/mol. The van der Waals surface area contributed by atoms with Gasteiger partial charge in [0.25, 0.3) is 0 Å². The highest BCUT2D eigenvalue weighted by Gasteiger charge is 2.46. The van der Waals surface area contributed by atoms with E-state index >= 15 is 0 Å². The van der Waals surface area contributed by atoms with Crippen molar-refractivity contribution in [1.29, 1.82) is 0 Å². The number of hydrogen-bond donors (Lipinski definition) is 1. The standard InChI is InChI=1S/C17H24N4O4S/c1-13(2)16(23)20-6-7-21(12-17(11-20)8-15(22)19-10-17)26(24,25)14-4-3-5-18-9-14/h3-5,9,13H,6-8,10-12H2,1-2H3,(H,19,22)/t17-/m0/s1. The first-order chi connectivity index (χ1) is 12.2. The van der Waals surface area contributed by atoms with E-state index in [0.29, 0.717) is 19.6 Å². The number of sulfonamides is 1. The molecule has 0 aromatic carbocycles. The Morgan fingerprint density at radius 1 is 1.31 bits per heavy atom. The molecule has 26 heavy (non-hydrogen) atoms. The predicted octanol–water partition coefficient (Wildman–Crippen LogP) is 0.0768. The quantitative estimate of drug-likeness (QED) is 0.800. The Balaban J connectivity index is 1.94. The van der Waals surface area contributed by atoms with Crippen molar-refractivity contribution in [3.05, 3.63) is 24.5 Å². The van der Waals surface area contributed by atoms with Gasteiger partial charge >= 0.3 is 0 Å². The third kappa shape index (κ3) is 3.59. The van der Waals surface area contributed by atoms with Gasteiger partial charge in [-0.15, -0.1) is 0 Å². The van der Waals surface area contributed by atoms with Crippen molar-refractivity contribution in [3.63, 3.8) is 0 Å². The van der Waals surface area contributed by atoms with E-state index < -0.39 is 15.4 Å². The Hall–Kier alpha value is -2.00. The molecule has 2 saturated heterocycles. The fraction of sp³-hybridized carbons (Fsp3) is 0.588. The molecule has 3 rings (SSSR count). The molecule has 2 aliphatic rings. The highest BCUT2D eigenvalue weighted by Crippen LogP contribution is 2.33. The summed E-state index contributed by atoms with van der Waals surface area (Å²) >= 11 is 0. The topological polar surface area (TPSA) is 99.7 Å². The predicted molar refractivity (Wildman–Crippen MR) is 94.5 cm³/mol. The number of amides is 2. The smallest absolute Gasteiger partial charge is 0.244 e. The summed E-state index contributed by atoms with van der Waals surface area (Å²) in [7, 11) is -3.74. The molecule has 142 valence electrons. The molecule has 1 spiro atoms. The van der Waals surface area contributed by atoms with Crippen molar-refractivity contribution < 1.29 is 18.0 Å². The Labute approximate surface area is 153 Å². The molecule has 2 aliphatic heterocycles. The number of pyridine rings is 1. The van der Waals surface area contributed by atoms with Gasteiger partial charge in [0, 0.05) is 62.9 Å². The second-order valence-corrected chi connectivity index (χ2v) is 9.33. The number of aromatic nitrogens is 1. The van der Waals surface area contributed by atoms with Crippen LogP contribution in [0.2, 0.25) is 0 Å². The molecule has 1 N–H and O–H groups in total. The average molecular weight is 380 g/mol. The SMILES string of the molecule is CC(C)C(=O)N1CCN(S(=O)(=O)c2cccnc2)C[C@@]2(CNC(=O)C2)C1. The largest absolute Gasteiger partial charge is 0.355 e. The normalized spacial score (nSPS) is 24.7. The summed E-state index contributed by atoms with van der Waals surface area (Å²) < 4.78 is 27.5. The molecule has 0 aliphatic carbocycles. The number of rotatable bonds is 3. The van der Waals surface area contributed by atoms with Gasteiger partial charge in [-0.05, 0) is 12.1 Å². The molecule has 0 saturated carbocycles. The lowest BCUT2D eigenvalue weighted by atomic mass is 9.86. The summed E-state index contributed by atoms with van der Waals surface area (Å²) in [5.41, 5.74) is -0.604. The van der Waals surface area contributed by atoms with Gasteiger partial charge in [-0.25, -0.2) is 8.42 Å². The molecule has 0 unspecified atom stereocenters. The molecule has 8 nitrogen and oxygen atoms in total. The Morgan fingerprint density at radius 2 is 2.08 bits per heavy atom. The van der Waals surface area contributed by atoms with E-state index in [9.17, 15) is 18.0 Å². The minimum Gasteiger partial charge on any atom is -0.355 e. The fourth-order valence-corrected chi connectivity index (χ4v) is 5.11. The van der Waals surface area contributed by atoms with Crippen molar-refractivity contribution in [1.82, 2.24) is 19.5 Å². The maximum atomic E-state index is 13.0. The zero-order valence-corrected chi connectivity index (χ0v) is 15.8. The van der Waals surface area contributed by atoms with Crippen LogP contribution in [0.5, 0.6) is 0 Å². The number of nitrogens with zero attached hydrogens (tertiary/aromatic N) is 3. The van der Waals surface area contributed by atoms with Gasteiger partial charge in [-0.3, -0.25) is 14.6 Å². The van der Waals surface area contributed by atoms with Gasteiger partial charge in [0.1, 0.15) is 4.90 Å². The first kappa shape index (κ1) is 18.8. The molecule has 1 atom stereocenters. The van der Waals surface area contributed by atoms with Gasteiger partial charge in [-0.1, -0.05) is 13.8 Å². The van der Waals surface area contributed by atoms with Crippen LogP contribution in [0.1, 0.15) is 20.3 Å². The number of carbonyl (C=O) groups is 2. The zero-order valence-electron chi connectivity index (χ0n) is 15.0. The van der Waals surface area contributed by atoms with Crippen molar-refractivity contribution >= 4 is 21.8 Å². The van der Waals surface area contributed by atoms with Crippen LogP contribution < -0.4 is 5.32 Å². The summed E-state index contributed by atoms with van der Waals surface area (Å²) in [6.07, 6.45) is 3.06. The van der Waals surface area contributed by atoms with Crippen LogP contribution in [-0.4, -0.2) is 67.1 Å². The van der Waals surface area contributed by atoms with Crippen LogP contribution in [0.15, 0.2) is 29.4 Å². The van der Waals surface area contributed by atoms with Gasteiger partial charge in [0.15, 0.2) is 0 Å². The van der Waals surface area contributed by atoms with Crippen LogP contribution in [0.25, 0.3) is 0 Å². The van der Waals surface area contributed by atoms with Gasteiger partial charge in [0.05, 0.1) is 0 Å². The molecule has 0 radical (unpaired) electrons. The van der Waals surface area contributed by atoms with E-state index in [4.69, 9.17) is 0 Å². The summed E-state index contributed by atoms with van der Waals surface area (Å²) in [6, 6.07) is 3.09.